The minimum absolute atomic E-state index is 0.00835. The summed E-state index contributed by atoms with van der Waals surface area (Å²) in [6.45, 7) is 0.347. The second kappa shape index (κ2) is 5.21. The fraction of sp³-hybridized carbons (Fsp3) is 0.133. The van der Waals surface area contributed by atoms with Crippen LogP contribution < -0.4 is 14.8 Å². The molecule has 1 amide bonds. The maximum absolute atomic E-state index is 12.8. The molecule has 0 bridgehead atoms. The lowest BCUT2D eigenvalue weighted by molar-refractivity contribution is -0.118. The normalized spacial score (nSPS) is 13.2. The summed E-state index contributed by atoms with van der Waals surface area (Å²) in [5.41, 5.74) is 1.51. The third-order valence-corrected chi connectivity index (χ3v) is 2.90. The first-order valence-electron chi connectivity index (χ1n) is 6.15. The van der Waals surface area contributed by atoms with E-state index in [9.17, 15) is 9.18 Å². The van der Waals surface area contributed by atoms with Crippen molar-refractivity contribution in [1.29, 1.82) is 0 Å². The van der Waals surface area contributed by atoms with E-state index in [-0.39, 0.29) is 18.3 Å². The molecule has 2 aromatic rings. The SMILES string of the molecule is O=C1COc2cc(OCc3ccc(F)cc3)ccc2N1. The van der Waals surface area contributed by atoms with E-state index in [1.807, 2.05) is 0 Å². The number of nitrogens with one attached hydrogen (secondary N) is 1. The third kappa shape index (κ3) is 2.71. The maximum atomic E-state index is 12.8. The van der Waals surface area contributed by atoms with Crippen LogP contribution >= 0.6 is 0 Å². The van der Waals surface area contributed by atoms with E-state index >= 15 is 0 Å². The first kappa shape index (κ1) is 12.5. The number of carbonyl (C=O) groups is 1. The van der Waals surface area contributed by atoms with Crippen LogP contribution in [-0.2, 0) is 11.4 Å². The summed E-state index contributed by atoms with van der Waals surface area (Å²) in [4.78, 5) is 11.2. The van der Waals surface area contributed by atoms with Crippen molar-refractivity contribution in [3.05, 3.63) is 53.8 Å². The molecule has 1 heterocycles. The molecule has 0 aromatic heterocycles. The van der Waals surface area contributed by atoms with Crippen LogP contribution in [0.1, 0.15) is 5.56 Å². The first-order chi connectivity index (χ1) is 9.70. The average Bonchev–Trinajstić information content (AvgIpc) is 2.46. The van der Waals surface area contributed by atoms with Gasteiger partial charge in [-0.1, -0.05) is 12.1 Å². The van der Waals surface area contributed by atoms with E-state index in [1.165, 1.54) is 12.1 Å². The van der Waals surface area contributed by atoms with Gasteiger partial charge in [0, 0.05) is 6.07 Å². The van der Waals surface area contributed by atoms with Crippen molar-refractivity contribution >= 4 is 11.6 Å². The summed E-state index contributed by atoms with van der Waals surface area (Å²) < 4.78 is 23.7. The minimum Gasteiger partial charge on any atom is -0.489 e. The van der Waals surface area contributed by atoms with Gasteiger partial charge in [0.05, 0.1) is 5.69 Å². The molecular formula is C15H12FNO3. The van der Waals surface area contributed by atoms with E-state index < -0.39 is 0 Å². The fourth-order valence-corrected chi connectivity index (χ4v) is 1.89. The second-order valence-electron chi connectivity index (χ2n) is 4.41. The minimum atomic E-state index is -0.272. The van der Waals surface area contributed by atoms with Crippen LogP contribution in [0.2, 0.25) is 0 Å². The van der Waals surface area contributed by atoms with Gasteiger partial charge in [-0.2, -0.15) is 0 Å². The lowest BCUT2D eigenvalue weighted by Gasteiger charge is -2.18. The van der Waals surface area contributed by atoms with E-state index in [0.29, 0.717) is 23.8 Å². The Labute approximate surface area is 115 Å². The second-order valence-corrected chi connectivity index (χ2v) is 4.41. The van der Waals surface area contributed by atoms with Crippen LogP contribution in [0.25, 0.3) is 0 Å². The molecule has 0 radical (unpaired) electrons. The van der Waals surface area contributed by atoms with Crippen LogP contribution in [0.4, 0.5) is 10.1 Å². The summed E-state index contributed by atoms with van der Waals surface area (Å²) in [5.74, 6) is 0.773. The van der Waals surface area contributed by atoms with Gasteiger partial charge < -0.3 is 14.8 Å². The molecule has 0 fully saturated rings. The Morgan fingerprint density at radius 2 is 2.00 bits per heavy atom. The van der Waals surface area contributed by atoms with E-state index in [1.54, 1.807) is 30.3 Å². The lowest BCUT2D eigenvalue weighted by Crippen LogP contribution is -2.25. The van der Waals surface area contributed by atoms with Gasteiger partial charge in [0.15, 0.2) is 6.61 Å². The molecule has 5 heteroatoms. The number of carbonyl (C=O) groups excluding carboxylic acids is 1. The van der Waals surface area contributed by atoms with Crippen molar-refractivity contribution in [1.82, 2.24) is 0 Å². The molecule has 2 aromatic carbocycles. The standard InChI is InChI=1S/C15H12FNO3/c16-11-3-1-10(2-4-11)8-19-12-5-6-13-14(7-12)20-9-15(18)17-13/h1-7H,8-9H2,(H,17,18). The van der Waals surface area contributed by atoms with Gasteiger partial charge in [0.1, 0.15) is 23.9 Å². The highest BCUT2D eigenvalue weighted by Gasteiger charge is 2.16. The number of amides is 1. The van der Waals surface area contributed by atoms with E-state index in [4.69, 9.17) is 9.47 Å². The topological polar surface area (TPSA) is 47.6 Å². The number of anilines is 1. The highest BCUT2D eigenvalue weighted by molar-refractivity contribution is 5.95. The molecular weight excluding hydrogens is 261 g/mol. The zero-order valence-electron chi connectivity index (χ0n) is 10.6. The summed E-state index contributed by atoms with van der Waals surface area (Å²) in [6.07, 6.45) is 0. The number of hydrogen-bond acceptors (Lipinski definition) is 3. The van der Waals surface area contributed by atoms with Gasteiger partial charge >= 0.3 is 0 Å². The van der Waals surface area contributed by atoms with Gasteiger partial charge in [-0.05, 0) is 29.8 Å². The number of hydrogen-bond donors (Lipinski definition) is 1. The Morgan fingerprint density at radius 1 is 1.20 bits per heavy atom. The number of fused-ring (bicyclic) bond motifs is 1. The van der Waals surface area contributed by atoms with Crippen molar-refractivity contribution in [2.24, 2.45) is 0 Å². The monoisotopic (exact) mass is 273 g/mol. The van der Waals surface area contributed by atoms with Crippen LogP contribution in [0.3, 0.4) is 0 Å². The predicted octanol–water partition coefficient (Wildman–Crippen LogP) is 2.74. The molecule has 0 saturated heterocycles. The Morgan fingerprint density at radius 3 is 2.80 bits per heavy atom. The predicted molar refractivity (Wildman–Crippen MR) is 71.3 cm³/mol. The Hall–Kier alpha value is -2.56. The lowest BCUT2D eigenvalue weighted by atomic mass is 10.2. The largest absolute Gasteiger partial charge is 0.489 e. The molecule has 1 aliphatic rings. The van der Waals surface area contributed by atoms with E-state index in [2.05, 4.69) is 5.32 Å². The molecule has 20 heavy (non-hydrogen) atoms. The van der Waals surface area contributed by atoms with Crippen LogP contribution in [-0.4, -0.2) is 12.5 Å². The summed E-state index contributed by atoms with van der Waals surface area (Å²) in [7, 11) is 0. The Bertz CT molecular complexity index is 640. The molecule has 3 rings (SSSR count). The van der Waals surface area contributed by atoms with E-state index in [0.717, 1.165) is 5.56 Å². The number of halogens is 1. The zero-order chi connectivity index (χ0) is 13.9. The summed E-state index contributed by atoms with van der Waals surface area (Å²) in [5, 5.41) is 2.71. The van der Waals surface area contributed by atoms with Crippen molar-refractivity contribution in [2.45, 2.75) is 6.61 Å². The fourth-order valence-electron chi connectivity index (χ4n) is 1.89. The first-order valence-corrected chi connectivity index (χ1v) is 6.15. The number of ether oxygens (including phenoxy) is 2. The molecule has 4 nitrogen and oxygen atoms in total. The van der Waals surface area contributed by atoms with Crippen LogP contribution in [0, 0.1) is 5.82 Å². The molecule has 1 N–H and O–H groups in total. The van der Waals surface area contributed by atoms with Gasteiger partial charge in [-0.15, -0.1) is 0 Å². The van der Waals surface area contributed by atoms with Crippen LogP contribution in [0.15, 0.2) is 42.5 Å². The maximum Gasteiger partial charge on any atom is 0.262 e. The Balaban J connectivity index is 1.69. The zero-order valence-corrected chi connectivity index (χ0v) is 10.6. The number of rotatable bonds is 3. The highest BCUT2D eigenvalue weighted by atomic mass is 19.1. The highest BCUT2D eigenvalue weighted by Crippen LogP contribution is 2.31. The van der Waals surface area contributed by atoms with Gasteiger partial charge in [-0.25, -0.2) is 4.39 Å². The summed E-state index contributed by atoms with van der Waals surface area (Å²) >= 11 is 0. The third-order valence-electron chi connectivity index (χ3n) is 2.90. The summed E-state index contributed by atoms with van der Waals surface area (Å²) in [6, 6.07) is 11.3. The van der Waals surface area contributed by atoms with Crippen molar-refractivity contribution in [3.8, 4) is 11.5 Å². The molecule has 1 aliphatic heterocycles. The van der Waals surface area contributed by atoms with Gasteiger partial charge in [0.2, 0.25) is 0 Å². The van der Waals surface area contributed by atoms with Gasteiger partial charge in [-0.3, -0.25) is 4.79 Å². The quantitative estimate of drug-likeness (QED) is 0.935. The van der Waals surface area contributed by atoms with Crippen molar-refractivity contribution in [3.63, 3.8) is 0 Å². The van der Waals surface area contributed by atoms with Gasteiger partial charge in [0.25, 0.3) is 5.91 Å². The molecule has 0 unspecified atom stereocenters. The molecule has 0 atom stereocenters. The average molecular weight is 273 g/mol. The van der Waals surface area contributed by atoms with Crippen molar-refractivity contribution in [2.75, 3.05) is 11.9 Å². The molecule has 102 valence electrons. The number of benzene rings is 2. The Kier molecular flexibility index (Phi) is 3.25. The van der Waals surface area contributed by atoms with Crippen molar-refractivity contribution < 1.29 is 18.7 Å². The molecule has 0 spiro atoms. The molecule has 0 aliphatic carbocycles. The smallest absolute Gasteiger partial charge is 0.262 e. The molecule has 0 saturated carbocycles. The van der Waals surface area contributed by atoms with Crippen LogP contribution in [0.5, 0.6) is 11.5 Å².